The molecule has 1 fully saturated rings. The van der Waals surface area contributed by atoms with Crippen LogP contribution in [0.1, 0.15) is 30.5 Å². The van der Waals surface area contributed by atoms with Crippen molar-refractivity contribution in [3.8, 4) is 0 Å². The highest BCUT2D eigenvalue weighted by Gasteiger charge is 2.37. The molecule has 0 aliphatic heterocycles. The van der Waals surface area contributed by atoms with E-state index in [0.717, 1.165) is 18.5 Å². The van der Waals surface area contributed by atoms with Gasteiger partial charge in [-0.3, -0.25) is 4.68 Å². The van der Waals surface area contributed by atoms with Crippen LogP contribution >= 0.6 is 0 Å². The minimum Gasteiger partial charge on any atom is -0.320 e. The summed E-state index contributed by atoms with van der Waals surface area (Å²) in [7, 11) is 1.94. The van der Waals surface area contributed by atoms with E-state index in [1.165, 1.54) is 12.0 Å². The zero-order chi connectivity index (χ0) is 8.77. The summed E-state index contributed by atoms with van der Waals surface area (Å²) in [5.41, 5.74) is 8.37. The van der Waals surface area contributed by atoms with Gasteiger partial charge in [0.1, 0.15) is 0 Å². The molecule has 1 aromatic rings. The number of aryl methyl sites for hydroxylation is 2. The van der Waals surface area contributed by atoms with E-state index in [0.29, 0.717) is 0 Å². The molecule has 12 heavy (non-hydrogen) atoms. The van der Waals surface area contributed by atoms with Crippen LogP contribution < -0.4 is 5.73 Å². The third-order valence-corrected chi connectivity index (χ3v) is 2.73. The van der Waals surface area contributed by atoms with E-state index in [9.17, 15) is 0 Å². The van der Waals surface area contributed by atoms with Crippen LogP contribution in [-0.2, 0) is 12.6 Å². The smallest absolute Gasteiger partial charge is 0.0852 e. The van der Waals surface area contributed by atoms with Crippen LogP contribution in [-0.4, -0.2) is 9.78 Å². The Kier molecular flexibility index (Phi) is 1.51. The SMILES string of the molecule is Cc1cn(C)nc1C1(N)CCC1. The summed E-state index contributed by atoms with van der Waals surface area (Å²) in [5, 5.41) is 4.40. The van der Waals surface area contributed by atoms with Gasteiger partial charge in [-0.1, -0.05) is 0 Å². The number of aromatic nitrogens is 2. The van der Waals surface area contributed by atoms with Crippen LogP contribution in [0.5, 0.6) is 0 Å². The molecule has 1 aliphatic rings. The molecule has 1 aliphatic carbocycles. The topological polar surface area (TPSA) is 43.8 Å². The van der Waals surface area contributed by atoms with E-state index >= 15 is 0 Å². The van der Waals surface area contributed by atoms with Crippen molar-refractivity contribution < 1.29 is 0 Å². The maximum absolute atomic E-state index is 6.16. The van der Waals surface area contributed by atoms with E-state index in [2.05, 4.69) is 12.0 Å². The first-order chi connectivity index (χ1) is 5.62. The van der Waals surface area contributed by atoms with Crippen molar-refractivity contribution in [1.29, 1.82) is 0 Å². The molecule has 0 atom stereocenters. The number of hydrogen-bond acceptors (Lipinski definition) is 2. The van der Waals surface area contributed by atoms with Crippen molar-refractivity contribution >= 4 is 0 Å². The molecule has 0 amide bonds. The highest BCUT2D eigenvalue weighted by atomic mass is 15.3. The van der Waals surface area contributed by atoms with Gasteiger partial charge in [0, 0.05) is 13.2 Å². The van der Waals surface area contributed by atoms with Gasteiger partial charge >= 0.3 is 0 Å². The predicted molar refractivity (Wildman–Crippen MR) is 47.7 cm³/mol. The van der Waals surface area contributed by atoms with Gasteiger partial charge in [0.25, 0.3) is 0 Å². The fourth-order valence-electron chi connectivity index (χ4n) is 1.89. The number of rotatable bonds is 1. The Hall–Kier alpha value is -0.830. The fraction of sp³-hybridized carbons (Fsp3) is 0.667. The average Bonchev–Trinajstić information content (AvgIpc) is 2.25. The third-order valence-electron chi connectivity index (χ3n) is 2.73. The van der Waals surface area contributed by atoms with Gasteiger partial charge in [-0.05, 0) is 31.7 Å². The minimum absolute atomic E-state index is 0.106. The van der Waals surface area contributed by atoms with Crippen molar-refractivity contribution in [2.24, 2.45) is 12.8 Å². The number of nitrogens with two attached hydrogens (primary N) is 1. The number of nitrogens with zero attached hydrogens (tertiary/aromatic N) is 2. The lowest BCUT2D eigenvalue weighted by Crippen LogP contribution is -2.44. The van der Waals surface area contributed by atoms with Gasteiger partial charge in [0.15, 0.2) is 0 Å². The van der Waals surface area contributed by atoms with Gasteiger partial charge in [-0.2, -0.15) is 5.10 Å². The highest BCUT2D eigenvalue weighted by molar-refractivity contribution is 5.25. The first kappa shape index (κ1) is 7.80. The van der Waals surface area contributed by atoms with E-state index in [4.69, 9.17) is 5.73 Å². The Bertz CT molecular complexity index is 297. The lowest BCUT2D eigenvalue weighted by atomic mass is 9.74. The molecule has 1 aromatic heterocycles. The Morgan fingerprint density at radius 3 is 2.58 bits per heavy atom. The lowest BCUT2D eigenvalue weighted by Gasteiger charge is -2.37. The Labute approximate surface area is 72.6 Å². The summed E-state index contributed by atoms with van der Waals surface area (Å²) in [6.45, 7) is 2.08. The van der Waals surface area contributed by atoms with Gasteiger partial charge < -0.3 is 5.73 Å². The maximum Gasteiger partial charge on any atom is 0.0852 e. The van der Waals surface area contributed by atoms with Crippen LogP contribution in [0.4, 0.5) is 0 Å². The fourth-order valence-corrected chi connectivity index (χ4v) is 1.89. The summed E-state index contributed by atoms with van der Waals surface area (Å²) in [6.07, 6.45) is 5.45. The van der Waals surface area contributed by atoms with Crippen molar-refractivity contribution in [2.75, 3.05) is 0 Å². The van der Waals surface area contributed by atoms with E-state index in [-0.39, 0.29) is 5.54 Å². The number of hydrogen-bond donors (Lipinski definition) is 1. The zero-order valence-electron chi connectivity index (χ0n) is 7.67. The minimum atomic E-state index is -0.106. The normalized spacial score (nSPS) is 20.6. The van der Waals surface area contributed by atoms with Gasteiger partial charge in [-0.25, -0.2) is 0 Å². The highest BCUT2D eigenvalue weighted by Crippen LogP contribution is 2.38. The second-order valence-corrected chi connectivity index (χ2v) is 3.84. The molecule has 0 spiro atoms. The maximum atomic E-state index is 6.16. The Morgan fingerprint density at radius 1 is 1.58 bits per heavy atom. The Morgan fingerprint density at radius 2 is 2.25 bits per heavy atom. The molecule has 2 N–H and O–H groups in total. The van der Waals surface area contributed by atoms with Crippen molar-refractivity contribution in [3.63, 3.8) is 0 Å². The average molecular weight is 165 g/mol. The van der Waals surface area contributed by atoms with E-state index < -0.39 is 0 Å². The summed E-state index contributed by atoms with van der Waals surface area (Å²) in [4.78, 5) is 0. The molecular formula is C9H15N3. The first-order valence-electron chi connectivity index (χ1n) is 4.41. The molecule has 0 saturated heterocycles. The molecule has 0 aromatic carbocycles. The molecular weight excluding hydrogens is 150 g/mol. The quantitative estimate of drug-likeness (QED) is 0.676. The van der Waals surface area contributed by atoms with E-state index in [1.807, 2.05) is 17.9 Å². The lowest BCUT2D eigenvalue weighted by molar-refractivity contribution is 0.243. The first-order valence-corrected chi connectivity index (χ1v) is 4.41. The summed E-state index contributed by atoms with van der Waals surface area (Å²) >= 11 is 0. The van der Waals surface area contributed by atoms with Crippen LogP contribution in [0.15, 0.2) is 6.20 Å². The second-order valence-electron chi connectivity index (χ2n) is 3.84. The molecule has 3 nitrogen and oxygen atoms in total. The molecule has 2 rings (SSSR count). The Balaban J connectivity index is 2.38. The summed E-state index contributed by atoms with van der Waals surface area (Å²) < 4.78 is 1.84. The standard InChI is InChI=1S/C9H15N3/c1-7-6-12(2)11-8(7)9(10)4-3-5-9/h6H,3-5,10H2,1-2H3. The van der Waals surface area contributed by atoms with E-state index in [1.54, 1.807) is 0 Å². The zero-order valence-corrected chi connectivity index (χ0v) is 7.67. The molecule has 0 radical (unpaired) electrons. The molecule has 1 saturated carbocycles. The van der Waals surface area contributed by atoms with Crippen molar-refractivity contribution in [2.45, 2.75) is 31.7 Å². The van der Waals surface area contributed by atoms with Crippen LogP contribution in [0.3, 0.4) is 0 Å². The van der Waals surface area contributed by atoms with Gasteiger partial charge in [0.2, 0.25) is 0 Å². The molecule has 0 unspecified atom stereocenters. The van der Waals surface area contributed by atoms with Crippen LogP contribution in [0.2, 0.25) is 0 Å². The van der Waals surface area contributed by atoms with Crippen molar-refractivity contribution in [1.82, 2.24) is 9.78 Å². The molecule has 66 valence electrons. The van der Waals surface area contributed by atoms with Gasteiger partial charge in [0.05, 0.1) is 11.2 Å². The predicted octanol–water partition coefficient (Wildman–Crippen LogP) is 1.07. The van der Waals surface area contributed by atoms with Crippen LogP contribution in [0.25, 0.3) is 0 Å². The van der Waals surface area contributed by atoms with Gasteiger partial charge in [-0.15, -0.1) is 0 Å². The summed E-state index contributed by atoms with van der Waals surface area (Å²) in [5.74, 6) is 0. The molecule has 1 heterocycles. The second kappa shape index (κ2) is 2.33. The van der Waals surface area contributed by atoms with Crippen LogP contribution in [0, 0.1) is 6.92 Å². The third kappa shape index (κ3) is 0.966. The monoisotopic (exact) mass is 165 g/mol. The largest absolute Gasteiger partial charge is 0.320 e. The summed E-state index contributed by atoms with van der Waals surface area (Å²) in [6, 6.07) is 0. The molecule has 0 bridgehead atoms. The van der Waals surface area contributed by atoms with Crippen molar-refractivity contribution in [3.05, 3.63) is 17.5 Å². The molecule has 3 heteroatoms.